The van der Waals surface area contributed by atoms with Crippen molar-refractivity contribution in [1.82, 2.24) is 4.72 Å². The van der Waals surface area contributed by atoms with Crippen LogP contribution in [0.5, 0.6) is 0 Å². The predicted octanol–water partition coefficient (Wildman–Crippen LogP) is 3.05. The quantitative estimate of drug-likeness (QED) is 0.386. The van der Waals surface area contributed by atoms with Crippen LogP contribution in [0.1, 0.15) is 5.56 Å². The fourth-order valence-corrected chi connectivity index (χ4v) is 2.43. The monoisotopic (exact) mass is 336 g/mol. The Hall–Kier alpha value is -1.85. The first-order valence-corrected chi connectivity index (χ1v) is 8.55. The minimum atomic E-state index is -4.02. The van der Waals surface area contributed by atoms with E-state index in [0.717, 1.165) is 10.5 Å². The van der Waals surface area contributed by atoms with Gasteiger partial charge in [-0.25, -0.2) is 4.72 Å². The summed E-state index contributed by atoms with van der Waals surface area (Å²) in [6, 6.07) is 17.9. The van der Waals surface area contributed by atoms with E-state index >= 15 is 0 Å². The summed E-state index contributed by atoms with van der Waals surface area (Å²) in [6.07, 6.45) is 0. The maximum atomic E-state index is 10.5. The zero-order chi connectivity index (χ0) is 16.4. The molecule has 0 saturated heterocycles. The highest BCUT2D eigenvalue weighted by atomic mass is 32.2. The minimum absolute atomic E-state index is 0.0666. The van der Waals surface area contributed by atoms with Crippen LogP contribution in [0.4, 0.5) is 0 Å². The number of aryl methyl sites for hydroxylation is 1. The molecular weight excluding hydrogens is 320 g/mol. The molecular formula is C15H16N2O3S2. The molecule has 5 nitrogen and oxygen atoms in total. The standard InChI is InChI=1S/C8H8N2S.C7H8O3S/c9-6-7-10-11-8-4-2-1-3-5-8;1-6-2-4-7(5-3-6)11(8,9)10/h1-5,10H,7H2;2-5H,1H3,(H,8,9,10). The molecule has 0 bridgehead atoms. The second-order valence-electron chi connectivity index (χ2n) is 4.18. The fraction of sp³-hybridized carbons (Fsp3) is 0.133. The number of hydrogen-bond acceptors (Lipinski definition) is 5. The van der Waals surface area contributed by atoms with Gasteiger partial charge in [0.15, 0.2) is 0 Å². The molecule has 0 aromatic heterocycles. The van der Waals surface area contributed by atoms with E-state index in [9.17, 15) is 8.42 Å². The van der Waals surface area contributed by atoms with E-state index in [-0.39, 0.29) is 4.90 Å². The molecule has 0 unspecified atom stereocenters. The molecule has 2 rings (SSSR count). The average Bonchev–Trinajstić information content (AvgIpc) is 2.49. The van der Waals surface area contributed by atoms with Crippen LogP contribution in [0.15, 0.2) is 64.4 Å². The number of nitriles is 1. The Balaban J connectivity index is 0.000000220. The molecule has 0 heterocycles. The average molecular weight is 336 g/mol. The summed E-state index contributed by atoms with van der Waals surface area (Å²) in [6.45, 7) is 2.22. The Bertz CT molecular complexity index is 709. The predicted molar refractivity (Wildman–Crippen MR) is 86.9 cm³/mol. The van der Waals surface area contributed by atoms with Gasteiger partial charge in [0, 0.05) is 4.90 Å². The van der Waals surface area contributed by atoms with Crippen molar-refractivity contribution in [2.45, 2.75) is 16.7 Å². The van der Waals surface area contributed by atoms with Crippen molar-refractivity contribution >= 4 is 22.1 Å². The van der Waals surface area contributed by atoms with Gasteiger partial charge in [0.25, 0.3) is 10.1 Å². The van der Waals surface area contributed by atoms with Crippen LogP contribution >= 0.6 is 11.9 Å². The topological polar surface area (TPSA) is 90.2 Å². The van der Waals surface area contributed by atoms with Gasteiger partial charge in [0.1, 0.15) is 0 Å². The Labute approximate surface area is 134 Å². The molecule has 22 heavy (non-hydrogen) atoms. The zero-order valence-corrected chi connectivity index (χ0v) is 13.6. The van der Waals surface area contributed by atoms with Gasteiger partial charge in [-0.05, 0) is 43.1 Å². The molecule has 0 fully saturated rings. The Morgan fingerprint density at radius 1 is 1.14 bits per heavy atom. The van der Waals surface area contributed by atoms with Crippen LogP contribution < -0.4 is 4.72 Å². The van der Waals surface area contributed by atoms with Crippen LogP contribution in [0.2, 0.25) is 0 Å². The highest BCUT2D eigenvalue weighted by Gasteiger charge is 2.06. The first kappa shape index (κ1) is 18.2. The number of benzene rings is 2. The van der Waals surface area contributed by atoms with E-state index in [1.54, 1.807) is 12.1 Å². The lowest BCUT2D eigenvalue weighted by Crippen LogP contribution is -2.01. The van der Waals surface area contributed by atoms with Crippen molar-refractivity contribution in [3.05, 3.63) is 60.2 Å². The molecule has 2 aromatic carbocycles. The van der Waals surface area contributed by atoms with Gasteiger partial charge >= 0.3 is 0 Å². The minimum Gasteiger partial charge on any atom is -0.282 e. The molecule has 0 spiro atoms. The van der Waals surface area contributed by atoms with E-state index in [0.29, 0.717) is 6.54 Å². The molecule has 2 aromatic rings. The summed E-state index contributed by atoms with van der Waals surface area (Å²) >= 11 is 1.47. The van der Waals surface area contributed by atoms with Crippen molar-refractivity contribution in [3.63, 3.8) is 0 Å². The number of nitrogens with zero attached hydrogens (tertiary/aromatic N) is 1. The third kappa shape index (κ3) is 7.24. The molecule has 0 amide bonds. The van der Waals surface area contributed by atoms with Gasteiger partial charge in [-0.3, -0.25) is 4.55 Å². The van der Waals surface area contributed by atoms with E-state index < -0.39 is 10.1 Å². The second-order valence-corrected chi connectivity index (χ2v) is 6.57. The number of nitrogens with one attached hydrogen (secondary N) is 1. The smallest absolute Gasteiger partial charge is 0.282 e. The Morgan fingerprint density at radius 3 is 2.23 bits per heavy atom. The number of rotatable bonds is 4. The highest BCUT2D eigenvalue weighted by molar-refractivity contribution is 7.97. The van der Waals surface area contributed by atoms with Crippen LogP contribution in [0.25, 0.3) is 0 Å². The summed E-state index contributed by atoms with van der Waals surface area (Å²) in [5.41, 5.74) is 0.956. The first-order valence-electron chi connectivity index (χ1n) is 6.29. The molecule has 0 saturated carbocycles. The maximum absolute atomic E-state index is 10.5. The van der Waals surface area contributed by atoms with E-state index in [1.807, 2.05) is 43.3 Å². The van der Waals surface area contributed by atoms with E-state index in [1.165, 1.54) is 24.1 Å². The lowest BCUT2D eigenvalue weighted by molar-refractivity contribution is 0.483. The lowest BCUT2D eigenvalue weighted by Gasteiger charge is -1.97. The fourth-order valence-electron chi connectivity index (χ4n) is 1.35. The van der Waals surface area contributed by atoms with Crippen molar-refractivity contribution in [2.75, 3.05) is 6.54 Å². The first-order chi connectivity index (χ1) is 10.4. The molecule has 116 valence electrons. The lowest BCUT2D eigenvalue weighted by atomic mass is 10.2. The van der Waals surface area contributed by atoms with Crippen LogP contribution in [-0.4, -0.2) is 19.5 Å². The molecule has 7 heteroatoms. The second kappa shape index (κ2) is 9.23. The van der Waals surface area contributed by atoms with E-state index in [4.69, 9.17) is 9.81 Å². The zero-order valence-electron chi connectivity index (χ0n) is 11.9. The van der Waals surface area contributed by atoms with Gasteiger partial charge in [-0.15, -0.1) is 0 Å². The van der Waals surface area contributed by atoms with Crippen LogP contribution in [0.3, 0.4) is 0 Å². The van der Waals surface area contributed by atoms with E-state index in [2.05, 4.69) is 4.72 Å². The maximum Gasteiger partial charge on any atom is 0.294 e. The van der Waals surface area contributed by atoms with Crippen molar-refractivity contribution in [1.29, 1.82) is 5.26 Å². The summed E-state index contributed by atoms with van der Waals surface area (Å²) in [7, 11) is -4.02. The third-order valence-corrected chi connectivity index (χ3v) is 4.07. The van der Waals surface area contributed by atoms with Gasteiger partial charge in [-0.1, -0.05) is 35.9 Å². The van der Waals surface area contributed by atoms with Gasteiger partial charge in [0.05, 0.1) is 17.5 Å². The normalized spacial score (nSPS) is 10.2. The van der Waals surface area contributed by atoms with Gasteiger partial charge in [-0.2, -0.15) is 13.7 Å². The van der Waals surface area contributed by atoms with Crippen molar-refractivity contribution < 1.29 is 13.0 Å². The Kier molecular flexibility index (Phi) is 7.63. The molecule has 0 radical (unpaired) electrons. The molecule has 0 atom stereocenters. The largest absolute Gasteiger partial charge is 0.294 e. The molecule has 0 aliphatic rings. The molecule has 0 aliphatic heterocycles. The van der Waals surface area contributed by atoms with Crippen LogP contribution in [0, 0.1) is 18.3 Å². The van der Waals surface area contributed by atoms with Crippen molar-refractivity contribution in [3.8, 4) is 6.07 Å². The highest BCUT2D eigenvalue weighted by Crippen LogP contribution is 2.11. The molecule has 0 aliphatic carbocycles. The molecule has 2 N–H and O–H groups in total. The van der Waals surface area contributed by atoms with Crippen molar-refractivity contribution in [2.24, 2.45) is 0 Å². The van der Waals surface area contributed by atoms with Crippen LogP contribution in [-0.2, 0) is 10.1 Å². The summed E-state index contributed by atoms with van der Waals surface area (Å²) in [4.78, 5) is 1.06. The summed E-state index contributed by atoms with van der Waals surface area (Å²) in [5, 5.41) is 8.22. The summed E-state index contributed by atoms with van der Waals surface area (Å²) in [5.74, 6) is 0. The Morgan fingerprint density at radius 2 is 1.73 bits per heavy atom. The van der Waals surface area contributed by atoms with Gasteiger partial charge < -0.3 is 0 Å². The SMILES string of the molecule is Cc1ccc(S(=O)(=O)O)cc1.N#CCNSc1ccccc1. The number of hydrogen-bond donors (Lipinski definition) is 2. The van der Waals surface area contributed by atoms with Gasteiger partial charge in [0.2, 0.25) is 0 Å². The summed E-state index contributed by atoms with van der Waals surface area (Å²) < 4.78 is 32.5. The third-order valence-electron chi connectivity index (χ3n) is 2.40.